The highest BCUT2D eigenvalue weighted by Crippen LogP contribution is 2.21. The number of hydrogen-bond acceptors (Lipinski definition) is 3. The van der Waals surface area contributed by atoms with Gasteiger partial charge < -0.3 is 9.84 Å². The second-order valence-electron chi connectivity index (χ2n) is 3.63. The van der Waals surface area contributed by atoms with Gasteiger partial charge in [0.05, 0.1) is 19.2 Å². The Kier molecular flexibility index (Phi) is 3.46. The Labute approximate surface area is 102 Å². The molecule has 0 radical (unpaired) electrons. The van der Waals surface area contributed by atoms with Gasteiger partial charge in [0.15, 0.2) is 0 Å². The van der Waals surface area contributed by atoms with Crippen molar-refractivity contribution in [2.24, 2.45) is 0 Å². The van der Waals surface area contributed by atoms with E-state index in [1.165, 1.54) is 0 Å². The van der Waals surface area contributed by atoms with E-state index in [0.29, 0.717) is 6.54 Å². The molecule has 0 aliphatic carbocycles. The number of rotatable bonds is 3. The minimum atomic E-state index is -0.366. The van der Waals surface area contributed by atoms with Crippen molar-refractivity contribution in [3.8, 4) is 0 Å². The van der Waals surface area contributed by atoms with Crippen LogP contribution in [0.4, 0.5) is 4.79 Å². The number of nitrogens with zero attached hydrogens (tertiary/aromatic N) is 1. The number of hydrogen-bond donors (Lipinski definition) is 1. The first-order valence-corrected chi connectivity index (χ1v) is 5.79. The second kappa shape index (κ2) is 4.84. The van der Waals surface area contributed by atoms with E-state index in [1.54, 1.807) is 4.90 Å². The van der Waals surface area contributed by atoms with Gasteiger partial charge in [0.2, 0.25) is 0 Å². The maximum Gasteiger partial charge on any atom is 0.410 e. The summed E-state index contributed by atoms with van der Waals surface area (Å²) in [6, 6.07) is 7.45. The van der Waals surface area contributed by atoms with Gasteiger partial charge in [-0.15, -0.1) is 0 Å². The van der Waals surface area contributed by atoms with Crippen LogP contribution < -0.4 is 0 Å². The quantitative estimate of drug-likeness (QED) is 0.921. The molecule has 1 aromatic rings. The molecule has 0 saturated carbocycles. The fourth-order valence-corrected chi connectivity index (χ4v) is 2.05. The predicted octanol–water partition coefficient (Wildman–Crippen LogP) is 1.76. The Balaban J connectivity index is 2.14. The summed E-state index contributed by atoms with van der Waals surface area (Å²) in [6.45, 7) is 0.640. The largest absolute Gasteiger partial charge is 0.447 e. The van der Waals surface area contributed by atoms with Crippen LogP contribution in [0.15, 0.2) is 28.7 Å². The van der Waals surface area contributed by atoms with Crippen LogP contribution >= 0.6 is 15.9 Å². The van der Waals surface area contributed by atoms with E-state index >= 15 is 0 Å². The molecule has 1 aliphatic heterocycles. The molecule has 1 atom stereocenters. The lowest BCUT2D eigenvalue weighted by atomic mass is 10.2. The molecule has 2 rings (SSSR count). The molecule has 86 valence electrons. The molecule has 1 saturated heterocycles. The lowest BCUT2D eigenvalue weighted by molar-refractivity contribution is 0.151. The van der Waals surface area contributed by atoms with E-state index in [-0.39, 0.29) is 25.3 Å². The van der Waals surface area contributed by atoms with Gasteiger partial charge in [0.1, 0.15) is 6.61 Å². The average Bonchev–Trinajstić information content (AvgIpc) is 2.63. The molecular weight excluding hydrogens is 274 g/mol. The Bertz CT molecular complexity index is 397. The van der Waals surface area contributed by atoms with E-state index in [2.05, 4.69) is 15.9 Å². The van der Waals surface area contributed by atoms with Crippen LogP contribution in [0, 0.1) is 0 Å². The number of carbonyl (C=O) groups is 1. The molecule has 4 nitrogen and oxygen atoms in total. The van der Waals surface area contributed by atoms with Crippen molar-refractivity contribution in [3.05, 3.63) is 34.3 Å². The average molecular weight is 286 g/mol. The first-order valence-electron chi connectivity index (χ1n) is 5.00. The third kappa shape index (κ3) is 2.20. The van der Waals surface area contributed by atoms with Crippen LogP contribution in [0.5, 0.6) is 0 Å². The molecule has 0 spiro atoms. The highest BCUT2D eigenvalue weighted by Gasteiger charge is 2.32. The Morgan fingerprint density at radius 3 is 2.94 bits per heavy atom. The number of aliphatic hydroxyl groups is 1. The van der Waals surface area contributed by atoms with Gasteiger partial charge in [-0.3, -0.25) is 4.90 Å². The molecule has 1 unspecified atom stereocenters. The van der Waals surface area contributed by atoms with Crippen molar-refractivity contribution in [2.75, 3.05) is 13.2 Å². The predicted molar refractivity (Wildman–Crippen MR) is 61.9 cm³/mol. The number of ether oxygens (including phenoxy) is 1. The number of carbonyl (C=O) groups excluding carboxylic acids is 1. The summed E-state index contributed by atoms with van der Waals surface area (Å²) in [6.07, 6.45) is -0.366. The summed E-state index contributed by atoms with van der Waals surface area (Å²) >= 11 is 3.42. The summed E-state index contributed by atoms with van der Waals surface area (Å²) in [7, 11) is 0. The zero-order valence-corrected chi connectivity index (χ0v) is 10.2. The van der Waals surface area contributed by atoms with Crippen LogP contribution in [0.1, 0.15) is 5.56 Å². The van der Waals surface area contributed by atoms with Crippen LogP contribution in [-0.4, -0.2) is 35.4 Å². The molecule has 1 N–H and O–H groups in total. The molecule has 1 amide bonds. The summed E-state index contributed by atoms with van der Waals surface area (Å²) in [5.41, 5.74) is 1.000. The van der Waals surface area contributed by atoms with Crippen LogP contribution in [-0.2, 0) is 11.3 Å². The first kappa shape index (κ1) is 11.4. The molecule has 1 aliphatic rings. The minimum absolute atomic E-state index is 0.0732. The SMILES string of the molecule is O=C1OCC(CO)N1Cc1ccccc1Br. The van der Waals surface area contributed by atoms with Gasteiger partial charge in [-0.05, 0) is 11.6 Å². The van der Waals surface area contributed by atoms with Gasteiger partial charge in [0, 0.05) is 4.47 Å². The summed E-state index contributed by atoms with van der Waals surface area (Å²) in [4.78, 5) is 13.0. The minimum Gasteiger partial charge on any atom is -0.447 e. The van der Waals surface area contributed by atoms with Crippen molar-refractivity contribution in [1.29, 1.82) is 0 Å². The van der Waals surface area contributed by atoms with Crippen LogP contribution in [0.2, 0.25) is 0 Å². The summed E-state index contributed by atoms with van der Waals surface area (Å²) in [5, 5.41) is 9.12. The highest BCUT2D eigenvalue weighted by molar-refractivity contribution is 9.10. The Morgan fingerprint density at radius 1 is 1.50 bits per heavy atom. The number of aliphatic hydroxyl groups excluding tert-OH is 1. The lowest BCUT2D eigenvalue weighted by Gasteiger charge is -2.20. The Hall–Kier alpha value is -1.07. The number of benzene rings is 1. The normalized spacial score (nSPS) is 20.0. The fourth-order valence-electron chi connectivity index (χ4n) is 1.64. The molecule has 1 fully saturated rings. The summed E-state index contributed by atoms with van der Waals surface area (Å²) < 4.78 is 5.84. The maximum atomic E-state index is 11.4. The molecule has 1 heterocycles. The monoisotopic (exact) mass is 285 g/mol. The van der Waals surface area contributed by atoms with Gasteiger partial charge in [0.25, 0.3) is 0 Å². The van der Waals surface area contributed by atoms with Gasteiger partial charge in [-0.2, -0.15) is 0 Å². The van der Waals surface area contributed by atoms with E-state index in [1.807, 2.05) is 24.3 Å². The molecule has 1 aromatic carbocycles. The molecular formula is C11H12BrNO3. The van der Waals surface area contributed by atoms with Crippen molar-refractivity contribution in [2.45, 2.75) is 12.6 Å². The van der Waals surface area contributed by atoms with Gasteiger partial charge in [-0.1, -0.05) is 34.1 Å². The third-order valence-corrected chi connectivity index (χ3v) is 3.36. The van der Waals surface area contributed by atoms with E-state index in [4.69, 9.17) is 9.84 Å². The van der Waals surface area contributed by atoms with Crippen molar-refractivity contribution < 1.29 is 14.6 Å². The second-order valence-corrected chi connectivity index (χ2v) is 4.49. The first-order chi connectivity index (χ1) is 7.72. The topological polar surface area (TPSA) is 49.8 Å². The molecule has 0 bridgehead atoms. The van der Waals surface area contributed by atoms with E-state index < -0.39 is 0 Å². The maximum absolute atomic E-state index is 11.4. The van der Waals surface area contributed by atoms with Gasteiger partial charge in [-0.25, -0.2) is 4.79 Å². The molecule has 0 aromatic heterocycles. The fraction of sp³-hybridized carbons (Fsp3) is 0.364. The molecule has 5 heteroatoms. The highest BCUT2D eigenvalue weighted by atomic mass is 79.9. The standard InChI is InChI=1S/C11H12BrNO3/c12-10-4-2-1-3-8(10)5-13-9(6-14)7-16-11(13)15/h1-4,9,14H,5-7H2. The zero-order chi connectivity index (χ0) is 11.5. The van der Waals surface area contributed by atoms with Crippen LogP contribution in [0.25, 0.3) is 0 Å². The van der Waals surface area contributed by atoms with E-state index in [9.17, 15) is 4.79 Å². The van der Waals surface area contributed by atoms with Crippen molar-refractivity contribution in [1.82, 2.24) is 4.90 Å². The zero-order valence-electron chi connectivity index (χ0n) is 8.60. The Morgan fingerprint density at radius 2 is 2.25 bits per heavy atom. The van der Waals surface area contributed by atoms with Crippen molar-refractivity contribution >= 4 is 22.0 Å². The number of cyclic esters (lactones) is 1. The lowest BCUT2D eigenvalue weighted by Crippen LogP contribution is -2.35. The number of amides is 1. The van der Waals surface area contributed by atoms with Crippen LogP contribution in [0.3, 0.4) is 0 Å². The van der Waals surface area contributed by atoms with Crippen molar-refractivity contribution in [3.63, 3.8) is 0 Å². The van der Waals surface area contributed by atoms with E-state index in [0.717, 1.165) is 10.0 Å². The van der Waals surface area contributed by atoms with Gasteiger partial charge >= 0.3 is 6.09 Å². The summed E-state index contributed by atoms with van der Waals surface area (Å²) in [5.74, 6) is 0. The number of halogens is 1. The smallest absolute Gasteiger partial charge is 0.410 e. The third-order valence-electron chi connectivity index (χ3n) is 2.58. The molecule has 16 heavy (non-hydrogen) atoms.